The van der Waals surface area contributed by atoms with E-state index >= 15 is 0 Å². The number of carbonyl (C=O) groups is 1. The van der Waals surface area contributed by atoms with Crippen LogP contribution in [-0.2, 0) is 23.7 Å². The van der Waals surface area contributed by atoms with Crippen molar-refractivity contribution in [2.45, 2.75) is 32.6 Å². The fourth-order valence-electron chi connectivity index (χ4n) is 1.97. The number of ether oxygens (including phenoxy) is 4. The summed E-state index contributed by atoms with van der Waals surface area (Å²) in [4.78, 5) is 10.6. The number of hydrogen-bond donors (Lipinski definition) is 1. The van der Waals surface area contributed by atoms with Gasteiger partial charge in [-0.2, -0.15) is 0 Å². The van der Waals surface area contributed by atoms with Crippen molar-refractivity contribution in [3.63, 3.8) is 0 Å². The van der Waals surface area contributed by atoms with E-state index in [0.717, 1.165) is 6.42 Å². The van der Waals surface area contributed by atoms with E-state index in [4.69, 9.17) is 36.9 Å². The van der Waals surface area contributed by atoms with Gasteiger partial charge in [-0.3, -0.25) is 4.79 Å². The minimum absolute atomic E-state index is 0.0538. The SMILES string of the molecule is C#CCCOCC(COCCC)(COCCC#C)COCCC(=O)O. The highest BCUT2D eigenvalue weighted by molar-refractivity contribution is 5.66. The molecule has 0 aromatic carbocycles. The van der Waals surface area contributed by atoms with Gasteiger partial charge >= 0.3 is 5.97 Å². The number of carboxylic acid groups (broad SMARTS) is 1. The molecule has 0 saturated heterocycles. The van der Waals surface area contributed by atoms with Crippen LogP contribution in [0.4, 0.5) is 0 Å². The van der Waals surface area contributed by atoms with Crippen LogP contribution < -0.4 is 0 Å². The predicted octanol–water partition coefficient (Wildman–Crippen LogP) is 1.97. The number of rotatable bonds is 17. The van der Waals surface area contributed by atoms with Crippen molar-refractivity contribution in [3.05, 3.63) is 0 Å². The van der Waals surface area contributed by atoms with E-state index in [9.17, 15) is 4.79 Å². The topological polar surface area (TPSA) is 74.2 Å². The predicted molar refractivity (Wildman–Crippen MR) is 95.2 cm³/mol. The highest BCUT2D eigenvalue weighted by atomic mass is 16.5. The number of aliphatic carboxylic acids is 1. The van der Waals surface area contributed by atoms with Gasteiger partial charge < -0.3 is 24.1 Å². The molecule has 0 aromatic rings. The van der Waals surface area contributed by atoms with Gasteiger partial charge in [0, 0.05) is 19.4 Å². The summed E-state index contributed by atoms with van der Waals surface area (Å²) in [5.41, 5.74) is -0.531. The van der Waals surface area contributed by atoms with Crippen molar-refractivity contribution >= 4 is 5.97 Å². The summed E-state index contributed by atoms with van der Waals surface area (Å²) < 4.78 is 22.6. The lowest BCUT2D eigenvalue weighted by atomic mass is 9.92. The summed E-state index contributed by atoms with van der Waals surface area (Å²) in [5.74, 6) is 4.15. The zero-order chi connectivity index (χ0) is 18.8. The van der Waals surface area contributed by atoms with Gasteiger partial charge in [0.25, 0.3) is 0 Å². The average Bonchev–Trinajstić information content (AvgIpc) is 2.59. The Kier molecular flexibility index (Phi) is 14.9. The molecule has 0 heterocycles. The van der Waals surface area contributed by atoms with Gasteiger partial charge in [0.1, 0.15) is 0 Å². The van der Waals surface area contributed by atoms with Gasteiger partial charge in [0.15, 0.2) is 0 Å². The molecule has 142 valence electrons. The molecule has 25 heavy (non-hydrogen) atoms. The van der Waals surface area contributed by atoms with Crippen LogP contribution in [0, 0.1) is 30.1 Å². The van der Waals surface area contributed by atoms with Gasteiger partial charge in [-0.15, -0.1) is 24.7 Å². The zero-order valence-electron chi connectivity index (χ0n) is 15.1. The standard InChI is InChI=1S/C19H30O6/c1-4-7-11-23-15-19(14-22-10-6-3,16-24-12-8-5-2)17-25-13-9-18(20)21/h1-2H,6-17H2,3H3,(H,20,21). The normalized spacial score (nSPS) is 11.0. The van der Waals surface area contributed by atoms with E-state index in [1.165, 1.54) is 0 Å². The molecule has 0 aliphatic rings. The second kappa shape index (κ2) is 15.9. The molecular weight excluding hydrogens is 324 g/mol. The molecule has 0 rings (SSSR count). The summed E-state index contributed by atoms with van der Waals surface area (Å²) in [6.07, 6.45) is 12.4. The van der Waals surface area contributed by atoms with Gasteiger partial charge in [0.05, 0.1) is 58.1 Å². The first-order valence-electron chi connectivity index (χ1n) is 8.50. The van der Waals surface area contributed by atoms with Crippen LogP contribution >= 0.6 is 0 Å². The molecule has 0 radical (unpaired) electrons. The first kappa shape index (κ1) is 23.4. The van der Waals surface area contributed by atoms with E-state index in [2.05, 4.69) is 11.8 Å². The van der Waals surface area contributed by atoms with Crippen molar-refractivity contribution in [2.75, 3.05) is 52.9 Å². The maximum atomic E-state index is 10.6. The third kappa shape index (κ3) is 13.4. The Morgan fingerprint density at radius 3 is 1.72 bits per heavy atom. The first-order chi connectivity index (χ1) is 12.1. The molecular formula is C19H30O6. The van der Waals surface area contributed by atoms with Gasteiger partial charge in [-0.25, -0.2) is 0 Å². The van der Waals surface area contributed by atoms with Crippen LogP contribution in [0.25, 0.3) is 0 Å². The maximum Gasteiger partial charge on any atom is 0.305 e. The average molecular weight is 354 g/mol. The van der Waals surface area contributed by atoms with Crippen LogP contribution in [0.15, 0.2) is 0 Å². The van der Waals surface area contributed by atoms with Crippen LogP contribution in [0.3, 0.4) is 0 Å². The van der Waals surface area contributed by atoms with E-state index in [1.54, 1.807) is 0 Å². The quantitative estimate of drug-likeness (QED) is 0.318. The summed E-state index contributed by atoms with van der Waals surface area (Å²) in [6.45, 7) is 5.00. The molecule has 6 heteroatoms. The van der Waals surface area contributed by atoms with Crippen molar-refractivity contribution in [1.82, 2.24) is 0 Å². The summed E-state index contributed by atoms with van der Waals surface area (Å²) in [5, 5.41) is 8.73. The summed E-state index contributed by atoms with van der Waals surface area (Å²) in [6, 6.07) is 0. The number of hydrogen-bond acceptors (Lipinski definition) is 5. The van der Waals surface area contributed by atoms with E-state index in [1.807, 2.05) is 6.92 Å². The maximum absolute atomic E-state index is 10.6. The van der Waals surface area contributed by atoms with Crippen LogP contribution in [0.1, 0.15) is 32.6 Å². The molecule has 0 aliphatic carbocycles. The fraction of sp³-hybridized carbons (Fsp3) is 0.737. The van der Waals surface area contributed by atoms with Crippen LogP contribution in [0.2, 0.25) is 0 Å². The highest BCUT2D eigenvalue weighted by Gasteiger charge is 2.32. The molecule has 0 saturated carbocycles. The molecule has 0 spiro atoms. The lowest BCUT2D eigenvalue weighted by Crippen LogP contribution is -2.42. The first-order valence-corrected chi connectivity index (χ1v) is 8.50. The molecule has 0 bridgehead atoms. The summed E-state index contributed by atoms with van der Waals surface area (Å²) in [7, 11) is 0. The van der Waals surface area contributed by atoms with Crippen molar-refractivity contribution in [2.24, 2.45) is 5.41 Å². The molecule has 0 aromatic heterocycles. The van der Waals surface area contributed by atoms with Crippen molar-refractivity contribution in [1.29, 1.82) is 0 Å². The fourth-order valence-corrected chi connectivity index (χ4v) is 1.97. The summed E-state index contributed by atoms with van der Waals surface area (Å²) >= 11 is 0. The second-order valence-corrected chi connectivity index (χ2v) is 5.76. The Labute approximate surface area is 151 Å². The third-order valence-corrected chi connectivity index (χ3v) is 3.22. The Balaban J connectivity index is 4.73. The largest absolute Gasteiger partial charge is 0.481 e. The Bertz CT molecular complexity index is 399. The molecule has 6 nitrogen and oxygen atoms in total. The monoisotopic (exact) mass is 354 g/mol. The lowest BCUT2D eigenvalue weighted by Gasteiger charge is -2.33. The van der Waals surface area contributed by atoms with Crippen molar-refractivity contribution < 1.29 is 28.8 Å². The lowest BCUT2D eigenvalue weighted by molar-refractivity contribution is -0.139. The van der Waals surface area contributed by atoms with E-state index in [-0.39, 0.29) is 19.6 Å². The Hall–Kier alpha value is -1.57. The smallest absolute Gasteiger partial charge is 0.305 e. The second-order valence-electron chi connectivity index (χ2n) is 5.76. The Morgan fingerprint density at radius 2 is 1.32 bits per heavy atom. The highest BCUT2D eigenvalue weighted by Crippen LogP contribution is 2.21. The van der Waals surface area contributed by atoms with Crippen LogP contribution in [0.5, 0.6) is 0 Å². The third-order valence-electron chi connectivity index (χ3n) is 3.22. The van der Waals surface area contributed by atoms with Gasteiger partial charge in [-0.05, 0) is 6.42 Å². The minimum Gasteiger partial charge on any atom is -0.481 e. The van der Waals surface area contributed by atoms with E-state index in [0.29, 0.717) is 52.5 Å². The van der Waals surface area contributed by atoms with Gasteiger partial charge in [-0.1, -0.05) is 6.92 Å². The molecule has 1 N–H and O–H groups in total. The Morgan fingerprint density at radius 1 is 0.880 bits per heavy atom. The zero-order valence-corrected chi connectivity index (χ0v) is 15.1. The van der Waals surface area contributed by atoms with Crippen LogP contribution in [-0.4, -0.2) is 63.9 Å². The van der Waals surface area contributed by atoms with Crippen molar-refractivity contribution in [3.8, 4) is 24.7 Å². The molecule has 0 atom stereocenters. The molecule has 0 aliphatic heterocycles. The molecule has 0 amide bonds. The number of terminal acetylenes is 2. The van der Waals surface area contributed by atoms with Gasteiger partial charge in [0.2, 0.25) is 0 Å². The van der Waals surface area contributed by atoms with E-state index < -0.39 is 11.4 Å². The number of carboxylic acids is 1. The minimum atomic E-state index is -0.900. The molecule has 0 unspecified atom stereocenters. The molecule has 0 fully saturated rings.